The SMILES string of the molecule is CCC(C)N(C)c1ncc(C=O)cc1C. The van der Waals surface area contributed by atoms with Crippen LogP contribution in [0.25, 0.3) is 0 Å². The summed E-state index contributed by atoms with van der Waals surface area (Å²) < 4.78 is 0. The van der Waals surface area contributed by atoms with Gasteiger partial charge in [0.15, 0.2) is 6.29 Å². The number of nitrogens with zero attached hydrogens (tertiary/aromatic N) is 2. The van der Waals surface area contributed by atoms with Gasteiger partial charge in [-0.3, -0.25) is 4.79 Å². The maximum Gasteiger partial charge on any atom is 0.151 e. The van der Waals surface area contributed by atoms with Gasteiger partial charge in [-0.1, -0.05) is 6.92 Å². The summed E-state index contributed by atoms with van der Waals surface area (Å²) in [4.78, 5) is 17.0. The zero-order valence-electron chi connectivity index (χ0n) is 9.82. The summed E-state index contributed by atoms with van der Waals surface area (Å²) in [6.45, 7) is 6.29. The minimum Gasteiger partial charge on any atom is -0.357 e. The summed E-state index contributed by atoms with van der Waals surface area (Å²) in [5, 5.41) is 0. The number of aromatic nitrogens is 1. The fourth-order valence-electron chi connectivity index (χ4n) is 1.51. The predicted octanol–water partition coefficient (Wildman–Crippen LogP) is 2.44. The zero-order valence-corrected chi connectivity index (χ0v) is 9.82. The molecule has 15 heavy (non-hydrogen) atoms. The summed E-state index contributed by atoms with van der Waals surface area (Å²) in [6, 6.07) is 2.33. The zero-order chi connectivity index (χ0) is 11.4. The van der Waals surface area contributed by atoms with Crippen molar-refractivity contribution in [2.24, 2.45) is 0 Å². The average molecular weight is 206 g/mol. The highest BCUT2D eigenvalue weighted by Crippen LogP contribution is 2.18. The molecule has 1 heterocycles. The van der Waals surface area contributed by atoms with Gasteiger partial charge < -0.3 is 4.90 Å². The largest absolute Gasteiger partial charge is 0.357 e. The first-order chi connectivity index (χ1) is 7.10. The van der Waals surface area contributed by atoms with E-state index in [9.17, 15) is 4.79 Å². The van der Waals surface area contributed by atoms with E-state index in [1.807, 2.05) is 20.0 Å². The molecule has 0 N–H and O–H groups in total. The molecule has 1 atom stereocenters. The molecular weight excluding hydrogens is 188 g/mol. The van der Waals surface area contributed by atoms with Crippen molar-refractivity contribution in [3.05, 3.63) is 23.4 Å². The highest BCUT2D eigenvalue weighted by atomic mass is 16.1. The van der Waals surface area contributed by atoms with Crippen molar-refractivity contribution in [1.29, 1.82) is 0 Å². The molecule has 0 aliphatic heterocycles. The first kappa shape index (κ1) is 11.7. The van der Waals surface area contributed by atoms with Crippen LogP contribution >= 0.6 is 0 Å². The Morgan fingerprint density at radius 2 is 2.27 bits per heavy atom. The molecule has 0 radical (unpaired) electrons. The van der Waals surface area contributed by atoms with Crippen LogP contribution in [0.5, 0.6) is 0 Å². The summed E-state index contributed by atoms with van der Waals surface area (Å²) in [5.41, 5.74) is 1.68. The van der Waals surface area contributed by atoms with Crippen LogP contribution in [-0.4, -0.2) is 24.4 Å². The monoisotopic (exact) mass is 206 g/mol. The third-order valence-electron chi connectivity index (χ3n) is 2.79. The number of carbonyl (C=O) groups excluding carboxylic acids is 1. The Bertz CT molecular complexity index is 349. The van der Waals surface area contributed by atoms with E-state index in [4.69, 9.17) is 0 Å². The molecule has 0 aromatic carbocycles. The number of aryl methyl sites for hydroxylation is 1. The van der Waals surface area contributed by atoms with Gasteiger partial charge >= 0.3 is 0 Å². The number of aldehydes is 1. The van der Waals surface area contributed by atoms with Crippen LogP contribution < -0.4 is 4.90 Å². The van der Waals surface area contributed by atoms with E-state index < -0.39 is 0 Å². The standard InChI is InChI=1S/C12H18N2O/c1-5-10(3)14(4)12-9(2)6-11(8-15)7-13-12/h6-8,10H,5H2,1-4H3. The summed E-state index contributed by atoms with van der Waals surface area (Å²) in [7, 11) is 2.03. The maximum absolute atomic E-state index is 10.6. The maximum atomic E-state index is 10.6. The van der Waals surface area contributed by atoms with Gasteiger partial charge in [0, 0.05) is 24.8 Å². The number of rotatable bonds is 4. The van der Waals surface area contributed by atoms with E-state index in [2.05, 4.69) is 23.7 Å². The molecule has 0 aliphatic rings. The quantitative estimate of drug-likeness (QED) is 0.709. The Morgan fingerprint density at radius 3 is 2.73 bits per heavy atom. The summed E-state index contributed by atoms with van der Waals surface area (Å²) in [6.07, 6.45) is 3.52. The topological polar surface area (TPSA) is 33.2 Å². The Morgan fingerprint density at radius 1 is 1.60 bits per heavy atom. The van der Waals surface area contributed by atoms with Crippen LogP contribution in [0.4, 0.5) is 5.82 Å². The lowest BCUT2D eigenvalue weighted by atomic mass is 10.1. The molecule has 1 unspecified atom stereocenters. The van der Waals surface area contributed by atoms with E-state index in [0.717, 1.165) is 24.1 Å². The van der Waals surface area contributed by atoms with Crippen molar-refractivity contribution in [2.75, 3.05) is 11.9 Å². The van der Waals surface area contributed by atoms with Crippen LogP contribution in [0.2, 0.25) is 0 Å². The average Bonchev–Trinajstić information content (AvgIpc) is 2.26. The second kappa shape index (κ2) is 4.91. The van der Waals surface area contributed by atoms with Crippen molar-refractivity contribution in [3.63, 3.8) is 0 Å². The Labute approximate surface area is 91.1 Å². The third-order valence-corrected chi connectivity index (χ3v) is 2.79. The van der Waals surface area contributed by atoms with Gasteiger partial charge in [0.2, 0.25) is 0 Å². The minimum atomic E-state index is 0.457. The van der Waals surface area contributed by atoms with Crippen molar-refractivity contribution in [1.82, 2.24) is 4.98 Å². The van der Waals surface area contributed by atoms with Crippen LogP contribution in [0, 0.1) is 6.92 Å². The molecule has 1 aromatic rings. The van der Waals surface area contributed by atoms with E-state index in [0.29, 0.717) is 11.6 Å². The summed E-state index contributed by atoms with van der Waals surface area (Å²) in [5.74, 6) is 0.954. The number of pyridine rings is 1. The van der Waals surface area contributed by atoms with E-state index >= 15 is 0 Å². The lowest BCUT2D eigenvalue weighted by Gasteiger charge is -2.26. The molecule has 3 nitrogen and oxygen atoms in total. The second-order valence-corrected chi connectivity index (χ2v) is 3.90. The highest BCUT2D eigenvalue weighted by molar-refractivity contribution is 5.75. The first-order valence-electron chi connectivity index (χ1n) is 5.24. The van der Waals surface area contributed by atoms with Gasteiger partial charge in [-0.05, 0) is 31.9 Å². The van der Waals surface area contributed by atoms with E-state index in [1.165, 1.54) is 0 Å². The molecule has 0 amide bonds. The molecule has 0 spiro atoms. The van der Waals surface area contributed by atoms with Gasteiger partial charge in [0.25, 0.3) is 0 Å². The lowest BCUT2D eigenvalue weighted by Crippen LogP contribution is -2.29. The van der Waals surface area contributed by atoms with Crippen molar-refractivity contribution in [2.45, 2.75) is 33.2 Å². The fourth-order valence-corrected chi connectivity index (χ4v) is 1.51. The molecule has 0 saturated carbocycles. The molecule has 82 valence electrons. The van der Waals surface area contributed by atoms with E-state index in [1.54, 1.807) is 6.20 Å². The fraction of sp³-hybridized carbons (Fsp3) is 0.500. The van der Waals surface area contributed by atoms with Crippen LogP contribution in [0.1, 0.15) is 36.2 Å². The molecular formula is C12H18N2O. The number of hydrogen-bond acceptors (Lipinski definition) is 3. The Hall–Kier alpha value is -1.38. The van der Waals surface area contributed by atoms with Gasteiger partial charge in [-0.2, -0.15) is 0 Å². The molecule has 0 saturated heterocycles. The van der Waals surface area contributed by atoms with Gasteiger partial charge in [0.1, 0.15) is 5.82 Å². The van der Waals surface area contributed by atoms with Crippen molar-refractivity contribution >= 4 is 12.1 Å². The smallest absolute Gasteiger partial charge is 0.151 e. The van der Waals surface area contributed by atoms with Crippen molar-refractivity contribution in [3.8, 4) is 0 Å². The normalized spacial score (nSPS) is 12.3. The molecule has 3 heteroatoms. The first-order valence-corrected chi connectivity index (χ1v) is 5.24. The number of anilines is 1. The van der Waals surface area contributed by atoms with Crippen LogP contribution in [-0.2, 0) is 0 Å². The molecule has 1 aromatic heterocycles. The third kappa shape index (κ3) is 2.55. The van der Waals surface area contributed by atoms with Crippen molar-refractivity contribution < 1.29 is 4.79 Å². The Balaban J connectivity index is 2.99. The summed E-state index contributed by atoms with van der Waals surface area (Å²) >= 11 is 0. The van der Waals surface area contributed by atoms with E-state index in [-0.39, 0.29) is 0 Å². The van der Waals surface area contributed by atoms with Crippen LogP contribution in [0.15, 0.2) is 12.3 Å². The molecule has 1 rings (SSSR count). The molecule has 0 fully saturated rings. The lowest BCUT2D eigenvalue weighted by molar-refractivity contribution is 0.112. The Kier molecular flexibility index (Phi) is 3.83. The molecule has 0 aliphatic carbocycles. The number of hydrogen-bond donors (Lipinski definition) is 0. The van der Waals surface area contributed by atoms with Crippen LogP contribution in [0.3, 0.4) is 0 Å². The highest BCUT2D eigenvalue weighted by Gasteiger charge is 2.11. The molecule has 0 bridgehead atoms. The second-order valence-electron chi connectivity index (χ2n) is 3.90. The van der Waals surface area contributed by atoms with Gasteiger partial charge in [0.05, 0.1) is 0 Å². The predicted molar refractivity (Wildman–Crippen MR) is 62.5 cm³/mol. The van der Waals surface area contributed by atoms with Gasteiger partial charge in [-0.15, -0.1) is 0 Å². The minimum absolute atomic E-state index is 0.457. The van der Waals surface area contributed by atoms with Gasteiger partial charge in [-0.25, -0.2) is 4.98 Å². The number of carbonyl (C=O) groups is 1.